The number of carbonyl (C=O) groups excluding carboxylic acids is 1. The van der Waals surface area contributed by atoms with E-state index in [1.54, 1.807) is 13.1 Å². The van der Waals surface area contributed by atoms with Gasteiger partial charge in [0.2, 0.25) is 0 Å². The SMILES string of the molecule is CC(=O)c1ccc(-c2cccc3[nH]c(-c4n[nH]c5/c4=C/CC/C(c4cncc(OCCN6CCCC6)c4)=C\C=5)nc23)s1. The number of fused-ring (bicyclic) bond motifs is 2. The summed E-state index contributed by atoms with van der Waals surface area (Å²) in [7, 11) is 0. The first-order chi connectivity index (χ1) is 20.6. The summed E-state index contributed by atoms with van der Waals surface area (Å²) in [5.41, 5.74) is 5.89. The number of H-pyrrole nitrogens is 2. The average Bonchev–Trinajstić information content (AvgIpc) is 3.80. The first-order valence-electron chi connectivity index (χ1n) is 14.5. The molecule has 42 heavy (non-hydrogen) atoms. The molecule has 0 spiro atoms. The van der Waals surface area contributed by atoms with Gasteiger partial charge in [0.15, 0.2) is 11.6 Å². The molecule has 0 amide bonds. The topological polar surface area (TPSA) is 99.8 Å². The Hall–Kier alpha value is -4.34. The molecule has 7 rings (SSSR count). The minimum absolute atomic E-state index is 0.0745. The Kier molecular flexibility index (Phi) is 7.27. The van der Waals surface area contributed by atoms with Crippen molar-refractivity contribution in [2.75, 3.05) is 26.2 Å². The molecule has 2 aliphatic rings. The molecule has 2 N–H and O–H groups in total. The zero-order valence-corrected chi connectivity index (χ0v) is 24.3. The Bertz CT molecular complexity index is 1920. The summed E-state index contributed by atoms with van der Waals surface area (Å²) in [6.07, 6.45) is 14.5. The fourth-order valence-electron chi connectivity index (χ4n) is 5.75. The number of likely N-dealkylation sites (tertiary alicyclic amines) is 1. The molecule has 1 fully saturated rings. The van der Waals surface area contributed by atoms with Crippen LogP contribution in [0.5, 0.6) is 5.75 Å². The lowest BCUT2D eigenvalue weighted by Gasteiger charge is -2.15. The molecule has 212 valence electrons. The highest BCUT2D eigenvalue weighted by Gasteiger charge is 2.16. The van der Waals surface area contributed by atoms with Gasteiger partial charge in [-0.05, 0) is 87.2 Å². The van der Waals surface area contributed by atoms with Crippen LogP contribution < -0.4 is 15.3 Å². The number of ketones is 1. The first-order valence-corrected chi connectivity index (χ1v) is 15.3. The van der Waals surface area contributed by atoms with Gasteiger partial charge in [-0.1, -0.05) is 24.3 Å². The molecule has 9 heteroatoms. The Morgan fingerprint density at radius 3 is 2.88 bits per heavy atom. The van der Waals surface area contributed by atoms with Crippen molar-refractivity contribution in [1.29, 1.82) is 0 Å². The van der Waals surface area contributed by atoms with Crippen molar-refractivity contribution in [3.63, 3.8) is 0 Å². The molecule has 8 nitrogen and oxygen atoms in total. The lowest BCUT2D eigenvalue weighted by atomic mass is 10.00. The number of hydrogen-bond donors (Lipinski definition) is 2. The normalized spacial score (nSPS) is 18.3. The number of imidazole rings is 1. The molecule has 4 aromatic heterocycles. The Labute approximate surface area is 247 Å². The number of ether oxygens (including phenoxy) is 1. The van der Waals surface area contributed by atoms with Gasteiger partial charge in [-0.25, -0.2) is 4.98 Å². The van der Waals surface area contributed by atoms with Gasteiger partial charge < -0.3 is 9.72 Å². The number of aromatic nitrogens is 5. The second-order valence-electron chi connectivity index (χ2n) is 10.8. The van der Waals surface area contributed by atoms with Gasteiger partial charge in [-0.3, -0.25) is 19.8 Å². The molecular weight excluding hydrogens is 544 g/mol. The van der Waals surface area contributed by atoms with Gasteiger partial charge in [0.25, 0.3) is 0 Å². The van der Waals surface area contributed by atoms with E-state index in [2.05, 4.69) is 49.4 Å². The lowest BCUT2D eigenvalue weighted by Crippen LogP contribution is -2.25. The van der Waals surface area contributed by atoms with E-state index in [0.717, 1.165) is 79.1 Å². The number of benzene rings is 1. The first kappa shape index (κ1) is 26.6. The van der Waals surface area contributed by atoms with Gasteiger partial charge in [0, 0.05) is 28.4 Å². The van der Waals surface area contributed by atoms with E-state index in [9.17, 15) is 4.79 Å². The molecule has 0 saturated carbocycles. The molecule has 1 aromatic carbocycles. The summed E-state index contributed by atoms with van der Waals surface area (Å²) in [4.78, 5) is 29.0. The lowest BCUT2D eigenvalue weighted by molar-refractivity contribution is 0.102. The van der Waals surface area contributed by atoms with Crippen molar-refractivity contribution in [3.8, 4) is 27.7 Å². The van der Waals surface area contributed by atoms with E-state index in [1.165, 1.54) is 42.8 Å². The number of rotatable bonds is 8. The van der Waals surface area contributed by atoms with E-state index in [4.69, 9.17) is 9.72 Å². The zero-order valence-electron chi connectivity index (χ0n) is 23.5. The number of pyridine rings is 1. The average molecular weight is 577 g/mol. The summed E-state index contributed by atoms with van der Waals surface area (Å²) in [6.45, 7) is 5.59. The minimum Gasteiger partial charge on any atom is -0.491 e. The van der Waals surface area contributed by atoms with Gasteiger partial charge in [-0.15, -0.1) is 11.3 Å². The number of nitrogens with one attached hydrogen (secondary N) is 2. The van der Waals surface area contributed by atoms with Crippen molar-refractivity contribution in [2.24, 2.45) is 0 Å². The van der Waals surface area contributed by atoms with E-state index in [1.807, 2.05) is 36.5 Å². The third kappa shape index (κ3) is 5.33. The number of allylic oxidation sites excluding steroid dienone is 2. The number of thiophene rings is 1. The third-order valence-corrected chi connectivity index (χ3v) is 9.18. The largest absolute Gasteiger partial charge is 0.491 e. The number of hydrogen-bond acceptors (Lipinski definition) is 7. The smallest absolute Gasteiger partial charge is 0.169 e. The summed E-state index contributed by atoms with van der Waals surface area (Å²) in [6, 6.07) is 12.0. The highest BCUT2D eigenvalue weighted by Crippen LogP contribution is 2.34. The zero-order chi connectivity index (χ0) is 28.5. The molecule has 0 radical (unpaired) electrons. The van der Waals surface area contributed by atoms with Crippen LogP contribution in [0.2, 0.25) is 0 Å². The molecule has 1 saturated heterocycles. The maximum absolute atomic E-state index is 11.9. The standard InChI is InChI=1S/C33H32N6O2S/c1-21(40)29-12-13-30(42-29)26-8-5-9-28-31(26)36-33(35-28)32-25-7-4-6-22(10-11-27(25)37-38-32)23-18-24(20-34-19-23)41-17-16-39-14-2-3-15-39/h5,7-13,18-20,37H,2-4,6,14-17H2,1H3,(H,35,36)/b22-10+,25-7-,27-11+. The maximum atomic E-state index is 11.9. The fraction of sp³-hybridized carbons (Fsp3) is 0.273. The van der Waals surface area contributed by atoms with Gasteiger partial charge in [-0.2, -0.15) is 5.10 Å². The summed E-state index contributed by atoms with van der Waals surface area (Å²) in [5.74, 6) is 1.61. The Balaban J connectivity index is 1.15. The summed E-state index contributed by atoms with van der Waals surface area (Å²) in [5, 5.41) is 9.86. The predicted molar refractivity (Wildman–Crippen MR) is 168 cm³/mol. The van der Waals surface area contributed by atoms with Crippen LogP contribution in [0.1, 0.15) is 47.8 Å². The van der Waals surface area contributed by atoms with Crippen LogP contribution in [0, 0.1) is 0 Å². The number of aromatic amines is 2. The van der Waals surface area contributed by atoms with E-state index >= 15 is 0 Å². The van der Waals surface area contributed by atoms with Gasteiger partial charge >= 0.3 is 0 Å². The second kappa shape index (κ2) is 11.5. The number of para-hydroxylation sites is 1. The summed E-state index contributed by atoms with van der Waals surface area (Å²) < 4.78 is 6.05. The number of carbonyl (C=O) groups is 1. The van der Waals surface area contributed by atoms with Crippen LogP contribution >= 0.6 is 11.3 Å². The third-order valence-electron chi connectivity index (χ3n) is 7.96. The van der Waals surface area contributed by atoms with Crippen LogP contribution in [-0.4, -0.2) is 62.1 Å². The molecule has 1 aliphatic heterocycles. The van der Waals surface area contributed by atoms with Crippen molar-refractivity contribution in [3.05, 3.63) is 75.9 Å². The van der Waals surface area contributed by atoms with Crippen LogP contribution in [0.15, 0.2) is 54.9 Å². The highest BCUT2D eigenvalue weighted by molar-refractivity contribution is 7.17. The highest BCUT2D eigenvalue weighted by atomic mass is 32.1. The van der Waals surface area contributed by atoms with E-state index < -0.39 is 0 Å². The van der Waals surface area contributed by atoms with Crippen molar-refractivity contribution in [1.82, 2.24) is 30.0 Å². The minimum atomic E-state index is 0.0745. The van der Waals surface area contributed by atoms with Crippen LogP contribution in [0.3, 0.4) is 0 Å². The Morgan fingerprint density at radius 1 is 1.12 bits per heavy atom. The van der Waals surface area contributed by atoms with Crippen molar-refractivity contribution >= 4 is 45.9 Å². The van der Waals surface area contributed by atoms with Gasteiger partial charge in [0.1, 0.15) is 18.1 Å². The molecule has 0 unspecified atom stereocenters. The molecule has 0 atom stereocenters. The second-order valence-corrected chi connectivity index (χ2v) is 11.9. The molecule has 1 aliphatic carbocycles. The van der Waals surface area contributed by atoms with Crippen LogP contribution in [0.4, 0.5) is 0 Å². The number of Topliss-reactive ketones (excluding diaryl/α,β-unsaturated/α-hetero) is 1. The quantitative estimate of drug-likeness (QED) is 0.247. The van der Waals surface area contributed by atoms with Gasteiger partial charge in [0.05, 0.1) is 27.5 Å². The number of nitrogens with zero attached hydrogens (tertiary/aromatic N) is 4. The molecular formula is C33H32N6O2S. The maximum Gasteiger partial charge on any atom is 0.169 e. The van der Waals surface area contributed by atoms with Crippen molar-refractivity contribution in [2.45, 2.75) is 32.6 Å². The van der Waals surface area contributed by atoms with Crippen LogP contribution in [0.25, 0.3) is 50.7 Å². The predicted octanol–water partition coefficient (Wildman–Crippen LogP) is 5.19. The van der Waals surface area contributed by atoms with Crippen LogP contribution in [-0.2, 0) is 0 Å². The van der Waals surface area contributed by atoms with E-state index in [-0.39, 0.29) is 5.78 Å². The molecule has 5 heterocycles. The molecule has 0 bridgehead atoms. The van der Waals surface area contributed by atoms with Crippen molar-refractivity contribution < 1.29 is 9.53 Å². The fourth-order valence-corrected chi connectivity index (χ4v) is 6.67. The van der Waals surface area contributed by atoms with E-state index in [0.29, 0.717) is 6.61 Å². The monoisotopic (exact) mass is 576 g/mol. The Morgan fingerprint density at radius 2 is 2.02 bits per heavy atom. The summed E-state index contributed by atoms with van der Waals surface area (Å²) >= 11 is 1.49. The molecule has 5 aromatic rings.